The number of carbonyl (C=O) groups is 3. The number of nitrogens with one attached hydrogen (secondary N) is 2. The summed E-state index contributed by atoms with van der Waals surface area (Å²) in [6.07, 6.45) is -1.02. The van der Waals surface area contributed by atoms with E-state index in [0.29, 0.717) is 22.0 Å². The fourth-order valence-corrected chi connectivity index (χ4v) is 2.19. The highest BCUT2D eigenvalue weighted by molar-refractivity contribution is 6.30. The minimum Gasteiger partial charge on any atom is -0.497 e. The SMILES string of the molecule is COc1ccc(C(=O)NCC(=O)O[C@@H](C)C(=O)Nc2ccc(Cl)cc2)cc1. The Morgan fingerprint density at radius 3 is 2.26 bits per heavy atom. The van der Waals surface area contributed by atoms with Gasteiger partial charge in [-0.2, -0.15) is 0 Å². The number of hydrogen-bond acceptors (Lipinski definition) is 5. The molecule has 27 heavy (non-hydrogen) atoms. The summed E-state index contributed by atoms with van der Waals surface area (Å²) in [6.45, 7) is 1.08. The molecule has 0 aromatic heterocycles. The lowest BCUT2D eigenvalue weighted by Gasteiger charge is -2.14. The molecule has 0 spiro atoms. The molecule has 2 amide bonds. The van der Waals surface area contributed by atoms with E-state index in [1.165, 1.54) is 14.0 Å². The number of rotatable bonds is 7. The Bertz CT molecular complexity index is 806. The zero-order valence-electron chi connectivity index (χ0n) is 14.8. The van der Waals surface area contributed by atoms with E-state index in [1.54, 1.807) is 48.5 Å². The van der Waals surface area contributed by atoms with Crippen LogP contribution in [-0.4, -0.2) is 37.5 Å². The molecular formula is C19H19ClN2O5. The second kappa shape index (κ2) is 9.59. The van der Waals surface area contributed by atoms with Crippen LogP contribution >= 0.6 is 11.6 Å². The predicted molar refractivity (Wildman–Crippen MR) is 101 cm³/mol. The Balaban J connectivity index is 1.78. The molecule has 1 atom stereocenters. The topological polar surface area (TPSA) is 93.7 Å². The molecule has 2 N–H and O–H groups in total. The number of halogens is 1. The summed E-state index contributed by atoms with van der Waals surface area (Å²) >= 11 is 5.78. The predicted octanol–water partition coefficient (Wildman–Crippen LogP) is 2.65. The maximum Gasteiger partial charge on any atom is 0.326 e. The third-order valence-corrected chi connectivity index (χ3v) is 3.79. The van der Waals surface area contributed by atoms with Crippen molar-refractivity contribution in [2.24, 2.45) is 0 Å². The average molecular weight is 391 g/mol. The van der Waals surface area contributed by atoms with Crippen LogP contribution in [0.2, 0.25) is 5.02 Å². The third-order valence-electron chi connectivity index (χ3n) is 3.53. The van der Waals surface area contributed by atoms with Crippen LogP contribution in [0.4, 0.5) is 5.69 Å². The highest BCUT2D eigenvalue weighted by atomic mass is 35.5. The average Bonchev–Trinajstić information content (AvgIpc) is 2.67. The van der Waals surface area contributed by atoms with Gasteiger partial charge in [-0.3, -0.25) is 14.4 Å². The van der Waals surface area contributed by atoms with Gasteiger partial charge in [0, 0.05) is 16.3 Å². The van der Waals surface area contributed by atoms with E-state index in [-0.39, 0.29) is 6.54 Å². The summed E-state index contributed by atoms with van der Waals surface area (Å²) in [4.78, 5) is 35.9. The van der Waals surface area contributed by atoms with Crippen LogP contribution in [0.5, 0.6) is 5.75 Å². The fraction of sp³-hybridized carbons (Fsp3) is 0.211. The quantitative estimate of drug-likeness (QED) is 0.709. The van der Waals surface area contributed by atoms with Gasteiger partial charge in [0.05, 0.1) is 7.11 Å². The van der Waals surface area contributed by atoms with Crippen LogP contribution in [0.3, 0.4) is 0 Å². The number of benzene rings is 2. The van der Waals surface area contributed by atoms with Gasteiger partial charge < -0.3 is 20.1 Å². The van der Waals surface area contributed by atoms with Crippen molar-refractivity contribution in [1.29, 1.82) is 0 Å². The van der Waals surface area contributed by atoms with Crippen LogP contribution in [-0.2, 0) is 14.3 Å². The van der Waals surface area contributed by atoms with Gasteiger partial charge >= 0.3 is 5.97 Å². The molecule has 8 heteroatoms. The summed E-state index contributed by atoms with van der Waals surface area (Å²) in [5.41, 5.74) is 0.900. The molecule has 0 unspecified atom stereocenters. The zero-order chi connectivity index (χ0) is 19.8. The first-order valence-corrected chi connectivity index (χ1v) is 8.45. The number of methoxy groups -OCH3 is 1. The van der Waals surface area contributed by atoms with Crippen molar-refractivity contribution < 1.29 is 23.9 Å². The molecule has 0 heterocycles. The highest BCUT2D eigenvalue weighted by Crippen LogP contribution is 2.14. The number of anilines is 1. The van der Waals surface area contributed by atoms with Crippen molar-refractivity contribution >= 4 is 35.1 Å². The van der Waals surface area contributed by atoms with E-state index in [2.05, 4.69) is 10.6 Å². The van der Waals surface area contributed by atoms with Gasteiger partial charge in [0.15, 0.2) is 6.10 Å². The lowest BCUT2D eigenvalue weighted by Crippen LogP contribution is -2.35. The number of ether oxygens (including phenoxy) is 2. The van der Waals surface area contributed by atoms with Gasteiger partial charge in [-0.05, 0) is 55.5 Å². The molecule has 142 valence electrons. The molecule has 0 aliphatic heterocycles. The van der Waals surface area contributed by atoms with E-state index < -0.39 is 23.9 Å². The molecule has 7 nitrogen and oxygen atoms in total. The molecule has 0 saturated carbocycles. The highest BCUT2D eigenvalue weighted by Gasteiger charge is 2.18. The maximum absolute atomic E-state index is 12.0. The Morgan fingerprint density at radius 1 is 1.04 bits per heavy atom. The summed E-state index contributed by atoms with van der Waals surface area (Å²) < 4.78 is 10.0. The summed E-state index contributed by atoms with van der Waals surface area (Å²) in [7, 11) is 1.52. The Hall–Kier alpha value is -3.06. The molecule has 0 bridgehead atoms. The second-order valence-electron chi connectivity index (χ2n) is 5.54. The van der Waals surface area contributed by atoms with Gasteiger partial charge in [-0.25, -0.2) is 0 Å². The molecule has 0 radical (unpaired) electrons. The Morgan fingerprint density at radius 2 is 1.67 bits per heavy atom. The van der Waals surface area contributed by atoms with Crippen LogP contribution in [0.15, 0.2) is 48.5 Å². The Labute approximate surface area is 161 Å². The van der Waals surface area contributed by atoms with Crippen LogP contribution in [0, 0.1) is 0 Å². The maximum atomic E-state index is 12.0. The minimum atomic E-state index is -1.02. The lowest BCUT2D eigenvalue weighted by atomic mass is 10.2. The van der Waals surface area contributed by atoms with Crippen molar-refractivity contribution in [2.45, 2.75) is 13.0 Å². The second-order valence-corrected chi connectivity index (χ2v) is 5.98. The zero-order valence-corrected chi connectivity index (χ0v) is 15.6. The molecule has 0 aliphatic rings. The summed E-state index contributed by atoms with van der Waals surface area (Å²) in [6, 6.07) is 12.9. The first-order chi connectivity index (χ1) is 12.9. The number of amides is 2. The first kappa shape index (κ1) is 20.3. The largest absolute Gasteiger partial charge is 0.497 e. The molecule has 0 saturated heterocycles. The van der Waals surface area contributed by atoms with Gasteiger partial charge in [-0.15, -0.1) is 0 Å². The molecular weight excluding hydrogens is 372 g/mol. The van der Waals surface area contributed by atoms with E-state index >= 15 is 0 Å². The Kier molecular flexibility index (Phi) is 7.19. The van der Waals surface area contributed by atoms with Gasteiger partial charge in [-0.1, -0.05) is 11.6 Å². The van der Waals surface area contributed by atoms with Crippen LogP contribution < -0.4 is 15.4 Å². The van der Waals surface area contributed by atoms with Crippen molar-refractivity contribution in [3.05, 3.63) is 59.1 Å². The van der Waals surface area contributed by atoms with Crippen LogP contribution in [0.1, 0.15) is 17.3 Å². The number of carbonyl (C=O) groups excluding carboxylic acids is 3. The van der Waals surface area contributed by atoms with E-state index in [4.69, 9.17) is 21.1 Å². The molecule has 2 aromatic carbocycles. The van der Waals surface area contributed by atoms with Crippen molar-refractivity contribution in [3.8, 4) is 5.75 Å². The normalized spacial score (nSPS) is 11.2. The van der Waals surface area contributed by atoms with Gasteiger partial charge in [0.25, 0.3) is 11.8 Å². The number of hydrogen-bond donors (Lipinski definition) is 2. The molecule has 2 aromatic rings. The monoisotopic (exact) mass is 390 g/mol. The summed E-state index contributed by atoms with van der Waals surface area (Å²) in [5.74, 6) is -1.04. The lowest BCUT2D eigenvalue weighted by molar-refractivity contribution is -0.152. The molecule has 2 rings (SSSR count). The minimum absolute atomic E-state index is 0.358. The van der Waals surface area contributed by atoms with Crippen LogP contribution in [0.25, 0.3) is 0 Å². The van der Waals surface area contributed by atoms with Crippen molar-refractivity contribution in [3.63, 3.8) is 0 Å². The van der Waals surface area contributed by atoms with Crippen molar-refractivity contribution in [1.82, 2.24) is 5.32 Å². The fourth-order valence-electron chi connectivity index (χ4n) is 2.07. The third kappa shape index (κ3) is 6.31. The first-order valence-electron chi connectivity index (χ1n) is 8.07. The van der Waals surface area contributed by atoms with Crippen molar-refractivity contribution in [2.75, 3.05) is 19.0 Å². The van der Waals surface area contributed by atoms with E-state index in [0.717, 1.165) is 0 Å². The summed E-state index contributed by atoms with van der Waals surface area (Å²) in [5, 5.41) is 5.58. The van der Waals surface area contributed by atoms with E-state index in [9.17, 15) is 14.4 Å². The molecule has 0 aliphatic carbocycles. The van der Waals surface area contributed by atoms with Gasteiger partial charge in [0.2, 0.25) is 0 Å². The number of esters is 1. The van der Waals surface area contributed by atoms with E-state index in [1.807, 2.05) is 0 Å². The molecule has 0 fully saturated rings. The van der Waals surface area contributed by atoms with Gasteiger partial charge in [0.1, 0.15) is 12.3 Å². The smallest absolute Gasteiger partial charge is 0.326 e. The standard InChI is InChI=1S/C19H19ClN2O5/c1-12(18(24)22-15-7-5-14(20)6-8-15)27-17(23)11-21-19(25)13-3-9-16(26-2)10-4-13/h3-10,12H,11H2,1-2H3,(H,21,25)(H,22,24)/t12-/m0/s1.